The molecule has 3 N–H and O–H groups in total. The molecule has 0 amide bonds. The third-order valence-corrected chi connectivity index (χ3v) is 2.49. The maximum Gasteiger partial charge on any atom is 0.333 e. The van der Waals surface area contributed by atoms with E-state index >= 15 is 0 Å². The summed E-state index contributed by atoms with van der Waals surface area (Å²) in [6.45, 7) is 4.96. The fraction of sp³-hybridized carbons (Fsp3) is 0.538. The van der Waals surface area contributed by atoms with E-state index < -0.39 is 4.92 Å². The van der Waals surface area contributed by atoms with Gasteiger partial charge in [-0.05, 0) is 45.4 Å². The minimum Gasteiger partial charge on any atom is -0.484 e. The number of benzene rings is 1. The minimum absolute atomic E-state index is 0.0102. The molecular weight excluding hydrogens is 246 g/mol. The second kappa shape index (κ2) is 7.58. The molecule has 0 unspecified atom stereocenters. The van der Waals surface area contributed by atoms with Crippen LogP contribution in [0.15, 0.2) is 18.2 Å². The maximum absolute atomic E-state index is 11.2. The summed E-state index contributed by atoms with van der Waals surface area (Å²) in [6, 6.07) is 5.05. The summed E-state index contributed by atoms with van der Waals surface area (Å²) in [6.07, 6.45) is 1.66. The van der Waals surface area contributed by atoms with Crippen LogP contribution in [-0.2, 0) is 0 Å². The summed E-state index contributed by atoms with van der Waals surface area (Å²) < 4.78 is 5.47. The van der Waals surface area contributed by atoms with Crippen molar-refractivity contribution in [2.45, 2.75) is 32.8 Å². The fourth-order valence-corrected chi connectivity index (χ4v) is 1.69. The zero-order valence-corrected chi connectivity index (χ0v) is 11.4. The Morgan fingerprint density at radius 2 is 2.16 bits per heavy atom. The number of nitrogens with zero attached hydrogens (tertiary/aromatic N) is 1. The van der Waals surface area contributed by atoms with Gasteiger partial charge in [0.1, 0.15) is 5.69 Å². The molecule has 106 valence electrons. The molecule has 0 saturated carbocycles. The van der Waals surface area contributed by atoms with Gasteiger partial charge in [-0.15, -0.1) is 0 Å². The molecule has 0 fully saturated rings. The molecule has 1 rings (SSSR count). The molecule has 0 heterocycles. The van der Waals surface area contributed by atoms with Crippen LogP contribution in [0.5, 0.6) is 5.75 Å². The third kappa shape index (κ3) is 4.75. The highest BCUT2D eigenvalue weighted by molar-refractivity contribution is 5.68. The zero-order valence-electron chi connectivity index (χ0n) is 11.4. The van der Waals surface area contributed by atoms with Gasteiger partial charge >= 0.3 is 5.69 Å². The molecular formula is C13H21N3O3. The molecule has 0 saturated heterocycles. The number of hydrogen-bond donors (Lipinski definition) is 2. The van der Waals surface area contributed by atoms with E-state index in [1.54, 1.807) is 18.2 Å². The van der Waals surface area contributed by atoms with Crippen LogP contribution in [0.3, 0.4) is 0 Å². The molecule has 0 radical (unpaired) electrons. The van der Waals surface area contributed by atoms with Gasteiger partial charge in [0.05, 0.1) is 11.0 Å². The van der Waals surface area contributed by atoms with Crippen LogP contribution in [0, 0.1) is 10.1 Å². The smallest absolute Gasteiger partial charge is 0.333 e. The number of ether oxygens (including phenoxy) is 1. The Morgan fingerprint density at radius 3 is 2.74 bits per heavy atom. The Kier molecular flexibility index (Phi) is 6.08. The standard InChI is InChI=1S/C13H21N3O3/c1-10(2)19-12-7-5-6-11(13(12)16(17)18)15-9-4-3-8-14/h5-7,10,15H,3-4,8-9,14H2,1-2H3. The summed E-state index contributed by atoms with van der Waals surface area (Å²) in [5, 5.41) is 14.2. The number of nitrogens with two attached hydrogens (primary N) is 1. The average molecular weight is 267 g/mol. The number of nitrogens with one attached hydrogen (secondary N) is 1. The number of rotatable bonds is 8. The number of para-hydroxylation sites is 1. The van der Waals surface area contributed by atoms with Crippen LogP contribution in [-0.4, -0.2) is 24.1 Å². The first kappa shape index (κ1) is 15.2. The van der Waals surface area contributed by atoms with Gasteiger partial charge in [0, 0.05) is 6.54 Å². The molecule has 0 bridgehead atoms. The number of unbranched alkanes of at least 4 members (excludes halogenated alkanes) is 1. The van der Waals surface area contributed by atoms with Gasteiger partial charge in [-0.25, -0.2) is 0 Å². The highest BCUT2D eigenvalue weighted by atomic mass is 16.6. The molecule has 1 aromatic rings. The summed E-state index contributed by atoms with van der Waals surface area (Å²) in [5.41, 5.74) is 5.89. The maximum atomic E-state index is 11.2. The molecule has 0 aliphatic carbocycles. The lowest BCUT2D eigenvalue weighted by Gasteiger charge is -2.13. The van der Waals surface area contributed by atoms with Gasteiger partial charge in [0.25, 0.3) is 0 Å². The predicted molar refractivity (Wildman–Crippen MR) is 75.6 cm³/mol. The summed E-state index contributed by atoms with van der Waals surface area (Å²) in [4.78, 5) is 10.8. The Morgan fingerprint density at radius 1 is 1.42 bits per heavy atom. The Hall–Kier alpha value is -1.82. The van der Waals surface area contributed by atoms with E-state index in [1.807, 2.05) is 13.8 Å². The largest absolute Gasteiger partial charge is 0.484 e. The molecule has 0 aliphatic heterocycles. The van der Waals surface area contributed by atoms with E-state index in [9.17, 15) is 10.1 Å². The topological polar surface area (TPSA) is 90.4 Å². The van der Waals surface area contributed by atoms with E-state index in [1.165, 1.54) is 0 Å². The Bertz CT molecular complexity index is 422. The number of anilines is 1. The lowest BCUT2D eigenvalue weighted by molar-refractivity contribution is -0.385. The molecule has 6 heteroatoms. The van der Waals surface area contributed by atoms with Crippen molar-refractivity contribution in [2.24, 2.45) is 5.73 Å². The van der Waals surface area contributed by atoms with Crippen molar-refractivity contribution in [1.82, 2.24) is 0 Å². The van der Waals surface area contributed by atoms with Crippen LogP contribution < -0.4 is 15.8 Å². The second-order valence-corrected chi connectivity index (χ2v) is 4.50. The first-order chi connectivity index (χ1) is 9.06. The SMILES string of the molecule is CC(C)Oc1cccc(NCCCCN)c1[N+](=O)[O-]. The van der Waals surface area contributed by atoms with Crippen molar-refractivity contribution in [2.75, 3.05) is 18.4 Å². The second-order valence-electron chi connectivity index (χ2n) is 4.50. The molecule has 0 aliphatic rings. The molecule has 6 nitrogen and oxygen atoms in total. The van der Waals surface area contributed by atoms with Crippen molar-refractivity contribution < 1.29 is 9.66 Å². The van der Waals surface area contributed by atoms with Gasteiger partial charge in [-0.2, -0.15) is 0 Å². The van der Waals surface area contributed by atoms with Gasteiger partial charge < -0.3 is 15.8 Å². The Balaban J connectivity index is 2.87. The monoisotopic (exact) mass is 267 g/mol. The molecule has 19 heavy (non-hydrogen) atoms. The van der Waals surface area contributed by atoms with E-state index in [0.717, 1.165) is 12.8 Å². The summed E-state index contributed by atoms with van der Waals surface area (Å²) in [5.74, 6) is 0.295. The summed E-state index contributed by atoms with van der Waals surface area (Å²) >= 11 is 0. The highest BCUT2D eigenvalue weighted by Gasteiger charge is 2.21. The van der Waals surface area contributed by atoms with E-state index in [-0.39, 0.29) is 11.8 Å². The number of nitro groups is 1. The fourth-order valence-electron chi connectivity index (χ4n) is 1.69. The van der Waals surface area contributed by atoms with E-state index in [0.29, 0.717) is 24.5 Å². The molecule has 0 spiro atoms. The average Bonchev–Trinajstić information content (AvgIpc) is 2.33. The molecule has 1 aromatic carbocycles. The van der Waals surface area contributed by atoms with Crippen molar-refractivity contribution in [3.8, 4) is 5.75 Å². The van der Waals surface area contributed by atoms with Crippen LogP contribution >= 0.6 is 0 Å². The first-order valence-corrected chi connectivity index (χ1v) is 6.44. The zero-order chi connectivity index (χ0) is 14.3. The van der Waals surface area contributed by atoms with Crippen molar-refractivity contribution in [1.29, 1.82) is 0 Å². The lowest BCUT2D eigenvalue weighted by Crippen LogP contribution is -2.10. The minimum atomic E-state index is -0.414. The third-order valence-electron chi connectivity index (χ3n) is 2.49. The van der Waals surface area contributed by atoms with E-state index in [2.05, 4.69) is 5.32 Å². The summed E-state index contributed by atoms with van der Waals surface area (Å²) in [7, 11) is 0. The number of nitro benzene ring substituents is 1. The predicted octanol–water partition coefficient (Wildman–Crippen LogP) is 2.53. The lowest BCUT2D eigenvalue weighted by atomic mass is 10.2. The Labute approximate surface area is 113 Å². The normalized spacial score (nSPS) is 10.5. The van der Waals surface area contributed by atoms with Gasteiger partial charge in [-0.3, -0.25) is 10.1 Å². The van der Waals surface area contributed by atoms with Gasteiger partial charge in [-0.1, -0.05) is 6.07 Å². The number of hydrogen-bond acceptors (Lipinski definition) is 5. The van der Waals surface area contributed by atoms with Gasteiger partial charge in [0.15, 0.2) is 5.75 Å². The van der Waals surface area contributed by atoms with Crippen LogP contribution in [0.1, 0.15) is 26.7 Å². The first-order valence-electron chi connectivity index (χ1n) is 6.44. The van der Waals surface area contributed by atoms with E-state index in [4.69, 9.17) is 10.5 Å². The van der Waals surface area contributed by atoms with Crippen LogP contribution in [0.2, 0.25) is 0 Å². The van der Waals surface area contributed by atoms with Crippen molar-refractivity contribution >= 4 is 11.4 Å². The van der Waals surface area contributed by atoms with Crippen LogP contribution in [0.25, 0.3) is 0 Å². The molecule has 0 atom stereocenters. The molecule has 0 aromatic heterocycles. The van der Waals surface area contributed by atoms with Crippen LogP contribution in [0.4, 0.5) is 11.4 Å². The highest BCUT2D eigenvalue weighted by Crippen LogP contribution is 2.35. The van der Waals surface area contributed by atoms with Crippen molar-refractivity contribution in [3.63, 3.8) is 0 Å². The van der Waals surface area contributed by atoms with Gasteiger partial charge in [0.2, 0.25) is 0 Å². The van der Waals surface area contributed by atoms with Crippen molar-refractivity contribution in [3.05, 3.63) is 28.3 Å². The quantitative estimate of drug-likeness (QED) is 0.429.